The SMILES string of the molecule is C1=CC2(CCN(CCC(c3ccccc3)c3ccccc3)CC2)c2ccccc21.C1=CC2(CCNCC2)c2ccccc21. The minimum absolute atomic E-state index is 0.283. The van der Waals surface area contributed by atoms with Crippen LogP contribution in [0, 0.1) is 0 Å². The third kappa shape index (κ3) is 5.79. The molecule has 2 aliphatic heterocycles. The van der Waals surface area contributed by atoms with Gasteiger partial charge in [0.05, 0.1) is 0 Å². The second kappa shape index (κ2) is 12.5. The van der Waals surface area contributed by atoms with Crippen molar-refractivity contribution in [3.8, 4) is 0 Å². The molecule has 4 aromatic carbocycles. The van der Waals surface area contributed by atoms with Crippen LogP contribution in [-0.2, 0) is 10.8 Å². The third-order valence-corrected chi connectivity index (χ3v) is 10.5. The minimum atomic E-state index is 0.283. The van der Waals surface area contributed by atoms with E-state index in [-0.39, 0.29) is 5.41 Å². The molecule has 2 aliphatic carbocycles. The molecule has 2 heterocycles. The van der Waals surface area contributed by atoms with Crippen LogP contribution in [0.5, 0.6) is 0 Å². The van der Waals surface area contributed by atoms with E-state index in [1.807, 2.05) is 0 Å². The van der Waals surface area contributed by atoms with E-state index in [1.54, 1.807) is 11.1 Å². The Labute approximate surface area is 258 Å². The van der Waals surface area contributed by atoms with Crippen molar-refractivity contribution in [1.29, 1.82) is 0 Å². The molecular weight excluding hydrogens is 520 g/mol. The van der Waals surface area contributed by atoms with Gasteiger partial charge >= 0.3 is 0 Å². The number of piperidine rings is 2. The summed E-state index contributed by atoms with van der Waals surface area (Å²) in [6, 6.07) is 39.8. The fraction of sp³-hybridized carbons (Fsp3) is 0.317. The number of allylic oxidation sites excluding steroid dienone is 2. The average molecular weight is 565 g/mol. The summed E-state index contributed by atoms with van der Waals surface area (Å²) >= 11 is 0. The molecule has 4 aromatic rings. The fourth-order valence-electron chi connectivity index (χ4n) is 8.00. The van der Waals surface area contributed by atoms with Gasteiger partial charge in [-0.2, -0.15) is 0 Å². The maximum Gasteiger partial charge on any atom is 0.0165 e. The summed E-state index contributed by atoms with van der Waals surface area (Å²) < 4.78 is 0. The molecule has 2 fully saturated rings. The van der Waals surface area contributed by atoms with Crippen molar-refractivity contribution < 1.29 is 0 Å². The number of benzene rings is 4. The molecule has 0 radical (unpaired) electrons. The standard InChI is InChI=1S/C28H29N.C13H15N/c1-3-9-23(10-4-1)26(24-11-5-2-6-12-24)16-20-29-21-18-28(19-22-29)17-15-25-13-7-8-14-27(25)28;1-2-4-12-11(3-1)5-6-13(12)7-9-14-10-8-13/h1-15,17,26H,16,18-22H2;1-6,14H,7-10H2. The molecule has 2 saturated heterocycles. The van der Waals surface area contributed by atoms with E-state index in [9.17, 15) is 0 Å². The van der Waals surface area contributed by atoms with Gasteiger partial charge in [0.1, 0.15) is 0 Å². The van der Waals surface area contributed by atoms with Gasteiger partial charge in [0.15, 0.2) is 0 Å². The summed E-state index contributed by atoms with van der Waals surface area (Å²) in [4.78, 5) is 2.68. The van der Waals surface area contributed by atoms with Crippen LogP contribution in [0.2, 0.25) is 0 Å². The number of rotatable bonds is 5. The van der Waals surface area contributed by atoms with Crippen LogP contribution in [-0.4, -0.2) is 37.6 Å². The Kier molecular flexibility index (Phi) is 8.15. The van der Waals surface area contributed by atoms with Crippen molar-refractivity contribution in [3.05, 3.63) is 155 Å². The van der Waals surface area contributed by atoms with Crippen LogP contribution in [0.1, 0.15) is 71.4 Å². The first-order valence-electron chi connectivity index (χ1n) is 16.4. The first kappa shape index (κ1) is 28.1. The second-order valence-corrected chi connectivity index (χ2v) is 12.9. The van der Waals surface area contributed by atoms with Gasteiger partial charge < -0.3 is 10.2 Å². The van der Waals surface area contributed by atoms with E-state index in [2.05, 4.69) is 144 Å². The maximum atomic E-state index is 3.43. The van der Waals surface area contributed by atoms with Gasteiger partial charge in [0, 0.05) is 16.7 Å². The summed E-state index contributed by atoms with van der Waals surface area (Å²) in [7, 11) is 0. The number of hydrogen-bond acceptors (Lipinski definition) is 2. The van der Waals surface area contributed by atoms with Crippen LogP contribution in [0.25, 0.3) is 12.2 Å². The molecule has 2 nitrogen and oxygen atoms in total. The smallest absolute Gasteiger partial charge is 0.0165 e. The molecule has 0 atom stereocenters. The van der Waals surface area contributed by atoms with E-state index in [0.29, 0.717) is 11.3 Å². The Bertz CT molecular complexity index is 1510. The highest BCUT2D eigenvalue weighted by atomic mass is 15.1. The lowest BCUT2D eigenvalue weighted by Gasteiger charge is -2.39. The zero-order chi connectivity index (χ0) is 29.0. The minimum Gasteiger partial charge on any atom is -0.317 e. The Balaban J connectivity index is 0.000000178. The average Bonchev–Trinajstić information content (AvgIpc) is 3.62. The molecule has 0 bridgehead atoms. The largest absolute Gasteiger partial charge is 0.317 e. The number of fused-ring (bicyclic) bond motifs is 4. The van der Waals surface area contributed by atoms with E-state index < -0.39 is 0 Å². The second-order valence-electron chi connectivity index (χ2n) is 12.9. The quantitative estimate of drug-likeness (QED) is 0.261. The van der Waals surface area contributed by atoms with Crippen LogP contribution in [0.15, 0.2) is 121 Å². The van der Waals surface area contributed by atoms with Crippen molar-refractivity contribution in [2.45, 2.75) is 48.9 Å². The van der Waals surface area contributed by atoms with E-state index in [0.717, 1.165) is 19.6 Å². The van der Waals surface area contributed by atoms with Crippen molar-refractivity contribution >= 4 is 12.2 Å². The highest BCUT2D eigenvalue weighted by Crippen LogP contribution is 2.44. The highest BCUT2D eigenvalue weighted by Gasteiger charge is 2.38. The number of nitrogens with zero attached hydrogens (tertiary/aromatic N) is 1. The van der Waals surface area contributed by atoms with E-state index in [1.165, 1.54) is 67.4 Å². The Morgan fingerprint density at radius 3 is 1.56 bits per heavy atom. The Morgan fingerprint density at radius 2 is 1.02 bits per heavy atom. The zero-order valence-corrected chi connectivity index (χ0v) is 25.3. The van der Waals surface area contributed by atoms with Crippen LogP contribution < -0.4 is 5.32 Å². The van der Waals surface area contributed by atoms with Crippen molar-refractivity contribution in [1.82, 2.24) is 10.2 Å². The number of likely N-dealkylation sites (tertiary alicyclic amines) is 1. The monoisotopic (exact) mass is 564 g/mol. The highest BCUT2D eigenvalue weighted by molar-refractivity contribution is 5.66. The molecule has 2 heteroatoms. The van der Waals surface area contributed by atoms with Gasteiger partial charge in [-0.25, -0.2) is 0 Å². The lowest BCUT2D eigenvalue weighted by atomic mass is 9.74. The lowest BCUT2D eigenvalue weighted by Crippen LogP contribution is -2.41. The molecule has 8 rings (SSSR count). The normalized spacial score (nSPS) is 19.3. The first-order valence-corrected chi connectivity index (χ1v) is 16.4. The van der Waals surface area contributed by atoms with Crippen molar-refractivity contribution in [2.24, 2.45) is 0 Å². The number of hydrogen-bond donors (Lipinski definition) is 1. The summed E-state index contributed by atoms with van der Waals surface area (Å²) in [5.41, 5.74) is 9.45. The molecule has 0 unspecified atom stereocenters. The van der Waals surface area contributed by atoms with Crippen molar-refractivity contribution in [2.75, 3.05) is 32.7 Å². The first-order chi connectivity index (χ1) is 21.2. The fourth-order valence-corrected chi connectivity index (χ4v) is 8.00. The molecule has 0 amide bonds. The molecule has 0 saturated carbocycles. The zero-order valence-electron chi connectivity index (χ0n) is 25.3. The molecule has 2 spiro atoms. The van der Waals surface area contributed by atoms with E-state index in [4.69, 9.17) is 0 Å². The molecular formula is C41H44N2. The molecule has 1 N–H and O–H groups in total. The summed E-state index contributed by atoms with van der Waals surface area (Å²) in [5, 5.41) is 3.43. The summed E-state index contributed by atoms with van der Waals surface area (Å²) in [6.07, 6.45) is 15.7. The summed E-state index contributed by atoms with van der Waals surface area (Å²) in [5.74, 6) is 0.473. The third-order valence-electron chi connectivity index (χ3n) is 10.5. The predicted molar refractivity (Wildman–Crippen MR) is 181 cm³/mol. The van der Waals surface area contributed by atoms with Gasteiger partial charge in [-0.05, 0) is 98.2 Å². The Morgan fingerprint density at radius 1 is 0.558 bits per heavy atom. The van der Waals surface area contributed by atoms with Gasteiger partial charge in [-0.3, -0.25) is 0 Å². The van der Waals surface area contributed by atoms with Gasteiger partial charge in [-0.15, -0.1) is 0 Å². The summed E-state index contributed by atoms with van der Waals surface area (Å²) in [6.45, 7) is 5.84. The van der Waals surface area contributed by atoms with Gasteiger partial charge in [0.2, 0.25) is 0 Å². The van der Waals surface area contributed by atoms with Gasteiger partial charge in [0.25, 0.3) is 0 Å². The maximum absolute atomic E-state index is 3.43. The molecule has 4 aliphatic rings. The predicted octanol–water partition coefficient (Wildman–Crippen LogP) is 8.60. The molecule has 218 valence electrons. The Hall–Kier alpha value is -3.72. The van der Waals surface area contributed by atoms with Crippen LogP contribution in [0.3, 0.4) is 0 Å². The van der Waals surface area contributed by atoms with E-state index >= 15 is 0 Å². The topological polar surface area (TPSA) is 15.3 Å². The lowest BCUT2D eigenvalue weighted by molar-refractivity contribution is 0.180. The molecule has 43 heavy (non-hydrogen) atoms. The molecule has 0 aromatic heterocycles. The van der Waals surface area contributed by atoms with Crippen LogP contribution >= 0.6 is 0 Å². The van der Waals surface area contributed by atoms with Crippen molar-refractivity contribution in [3.63, 3.8) is 0 Å². The van der Waals surface area contributed by atoms with Crippen LogP contribution in [0.4, 0.5) is 0 Å². The number of nitrogens with one attached hydrogen (secondary N) is 1. The van der Waals surface area contributed by atoms with Gasteiger partial charge in [-0.1, -0.05) is 133 Å².